The fourth-order valence-corrected chi connectivity index (χ4v) is 2.34. The molecule has 1 atom stereocenters. The fourth-order valence-electron chi connectivity index (χ4n) is 2.34. The molecular weight excluding hydrogens is 246 g/mol. The van der Waals surface area contributed by atoms with Gasteiger partial charge in [0.25, 0.3) is 0 Å². The van der Waals surface area contributed by atoms with Gasteiger partial charge in [-0.1, -0.05) is 37.3 Å². The standard InChI is InChI=1S/C17H23N3/c1-2-12-19-16(17-11-13-18-14-20-17)10-6-9-15-7-4-3-5-8-15/h3-5,7-8,11,13-14,16,19H,2,6,9-10,12H2,1H3. The maximum Gasteiger partial charge on any atom is 0.115 e. The van der Waals surface area contributed by atoms with Crippen LogP contribution in [0.5, 0.6) is 0 Å². The Labute approximate surface area is 121 Å². The molecule has 20 heavy (non-hydrogen) atoms. The van der Waals surface area contributed by atoms with Crippen LogP contribution in [-0.2, 0) is 6.42 Å². The third-order valence-electron chi connectivity index (χ3n) is 3.40. The van der Waals surface area contributed by atoms with Crippen LogP contribution >= 0.6 is 0 Å². The van der Waals surface area contributed by atoms with Crippen molar-refractivity contribution in [3.63, 3.8) is 0 Å². The molecular formula is C17H23N3. The number of rotatable bonds is 8. The van der Waals surface area contributed by atoms with Gasteiger partial charge in [0, 0.05) is 12.2 Å². The molecule has 0 amide bonds. The summed E-state index contributed by atoms with van der Waals surface area (Å²) in [6.45, 7) is 3.22. The Morgan fingerprint density at radius 3 is 2.70 bits per heavy atom. The van der Waals surface area contributed by atoms with Gasteiger partial charge in [-0.05, 0) is 43.9 Å². The second-order valence-electron chi connectivity index (χ2n) is 5.02. The van der Waals surface area contributed by atoms with Crippen LogP contribution in [0.4, 0.5) is 0 Å². The van der Waals surface area contributed by atoms with Gasteiger partial charge in [0.1, 0.15) is 6.33 Å². The lowest BCUT2D eigenvalue weighted by Gasteiger charge is -2.17. The minimum atomic E-state index is 0.335. The van der Waals surface area contributed by atoms with Gasteiger partial charge in [-0.2, -0.15) is 0 Å². The van der Waals surface area contributed by atoms with Crippen LogP contribution in [0.25, 0.3) is 0 Å². The van der Waals surface area contributed by atoms with Crippen molar-refractivity contribution < 1.29 is 0 Å². The minimum Gasteiger partial charge on any atom is -0.309 e. The molecule has 0 radical (unpaired) electrons. The lowest BCUT2D eigenvalue weighted by molar-refractivity contribution is 0.474. The molecule has 2 aromatic rings. The number of nitrogens with one attached hydrogen (secondary N) is 1. The molecule has 0 fully saturated rings. The predicted molar refractivity (Wildman–Crippen MR) is 82.4 cm³/mol. The van der Waals surface area contributed by atoms with E-state index in [-0.39, 0.29) is 0 Å². The maximum atomic E-state index is 4.38. The monoisotopic (exact) mass is 269 g/mol. The number of aryl methyl sites for hydroxylation is 1. The molecule has 0 aliphatic carbocycles. The van der Waals surface area contributed by atoms with E-state index in [1.807, 2.05) is 12.3 Å². The molecule has 0 bridgehead atoms. The number of aromatic nitrogens is 2. The molecule has 0 saturated carbocycles. The first kappa shape index (κ1) is 14.7. The highest BCUT2D eigenvalue weighted by Gasteiger charge is 2.11. The van der Waals surface area contributed by atoms with Gasteiger partial charge in [-0.3, -0.25) is 0 Å². The summed E-state index contributed by atoms with van der Waals surface area (Å²) in [7, 11) is 0. The summed E-state index contributed by atoms with van der Waals surface area (Å²) in [4.78, 5) is 8.38. The van der Waals surface area contributed by atoms with Crippen LogP contribution in [0.2, 0.25) is 0 Å². The first-order valence-electron chi connectivity index (χ1n) is 7.43. The van der Waals surface area contributed by atoms with E-state index >= 15 is 0 Å². The largest absolute Gasteiger partial charge is 0.309 e. The summed E-state index contributed by atoms with van der Waals surface area (Å²) >= 11 is 0. The van der Waals surface area contributed by atoms with Crippen molar-refractivity contribution in [2.75, 3.05) is 6.54 Å². The Hall–Kier alpha value is -1.74. The highest BCUT2D eigenvalue weighted by molar-refractivity contribution is 5.14. The Balaban J connectivity index is 1.88. The Kier molecular flexibility index (Phi) is 6.18. The molecule has 1 N–H and O–H groups in total. The Bertz CT molecular complexity index is 470. The van der Waals surface area contributed by atoms with E-state index in [4.69, 9.17) is 0 Å². The van der Waals surface area contributed by atoms with E-state index in [2.05, 4.69) is 52.5 Å². The van der Waals surface area contributed by atoms with Crippen LogP contribution in [-0.4, -0.2) is 16.5 Å². The highest BCUT2D eigenvalue weighted by atomic mass is 14.9. The third-order valence-corrected chi connectivity index (χ3v) is 3.40. The van der Waals surface area contributed by atoms with Crippen molar-refractivity contribution in [3.8, 4) is 0 Å². The van der Waals surface area contributed by atoms with Crippen molar-refractivity contribution in [1.29, 1.82) is 0 Å². The van der Waals surface area contributed by atoms with Gasteiger partial charge in [0.15, 0.2) is 0 Å². The van der Waals surface area contributed by atoms with Gasteiger partial charge in [0.05, 0.1) is 5.69 Å². The summed E-state index contributed by atoms with van der Waals surface area (Å²) < 4.78 is 0. The van der Waals surface area contributed by atoms with E-state index in [0.29, 0.717) is 6.04 Å². The molecule has 1 heterocycles. The van der Waals surface area contributed by atoms with Crippen molar-refractivity contribution in [2.45, 2.75) is 38.6 Å². The molecule has 1 aromatic heterocycles. The normalized spacial score (nSPS) is 12.2. The average Bonchev–Trinajstić information content (AvgIpc) is 2.52. The number of nitrogens with zero attached hydrogens (tertiary/aromatic N) is 2. The van der Waals surface area contributed by atoms with Crippen molar-refractivity contribution >= 4 is 0 Å². The van der Waals surface area contributed by atoms with E-state index in [0.717, 1.165) is 37.9 Å². The first-order chi connectivity index (χ1) is 9.90. The molecule has 3 nitrogen and oxygen atoms in total. The summed E-state index contributed by atoms with van der Waals surface area (Å²) in [6.07, 6.45) is 7.98. The molecule has 3 heteroatoms. The second-order valence-corrected chi connectivity index (χ2v) is 5.02. The lowest BCUT2D eigenvalue weighted by Crippen LogP contribution is -2.23. The zero-order valence-corrected chi connectivity index (χ0v) is 12.1. The summed E-state index contributed by atoms with van der Waals surface area (Å²) in [5.41, 5.74) is 2.51. The van der Waals surface area contributed by atoms with E-state index in [1.165, 1.54) is 5.56 Å². The second kappa shape index (κ2) is 8.43. The smallest absolute Gasteiger partial charge is 0.115 e. The van der Waals surface area contributed by atoms with Crippen LogP contribution < -0.4 is 5.32 Å². The zero-order valence-electron chi connectivity index (χ0n) is 12.1. The lowest BCUT2D eigenvalue weighted by atomic mass is 10.0. The SMILES string of the molecule is CCCNC(CCCc1ccccc1)c1ccncn1. The Morgan fingerprint density at radius 1 is 1.15 bits per heavy atom. The highest BCUT2D eigenvalue weighted by Crippen LogP contribution is 2.17. The van der Waals surface area contributed by atoms with E-state index < -0.39 is 0 Å². The molecule has 0 aliphatic heterocycles. The molecule has 106 valence electrons. The van der Waals surface area contributed by atoms with Gasteiger partial charge < -0.3 is 5.32 Å². The van der Waals surface area contributed by atoms with Crippen LogP contribution in [0, 0.1) is 0 Å². The van der Waals surface area contributed by atoms with Crippen LogP contribution in [0.1, 0.15) is 43.5 Å². The van der Waals surface area contributed by atoms with Crippen molar-refractivity contribution in [1.82, 2.24) is 15.3 Å². The van der Waals surface area contributed by atoms with Gasteiger partial charge >= 0.3 is 0 Å². The minimum absolute atomic E-state index is 0.335. The van der Waals surface area contributed by atoms with E-state index in [1.54, 1.807) is 6.33 Å². The molecule has 1 aromatic carbocycles. The van der Waals surface area contributed by atoms with Gasteiger partial charge in [-0.25, -0.2) is 9.97 Å². The maximum absolute atomic E-state index is 4.38. The Morgan fingerprint density at radius 2 is 2.00 bits per heavy atom. The quantitative estimate of drug-likeness (QED) is 0.796. The topological polar surface area (TPSA) is 37.8 Å². The van der Waals surface area contributed by atoms with Gasteiger partial charge in [-0.15, -0.1) is 0 Å². The first-order valence-corrected chi connectivity index (χ1v) is 7.43. The van der Waals surface area contributed by atoms with Crippen LogP contribution in [0.3, 0.4) is 0 Å². The zero-order chi connectivity index (χ0) is 14.0. The van der Waals surface area contributed by atoms with Gasteiger partial charge in [0.2, 0.25) is 0 Å². The fraction of sp³-hybridized carbons (Fsp3) is 0.412. The number of hydrogen-bond donors (Lipinski definition) is 1. The molecule has 2 rings (SSSR count). The average molecular weight is 269 g/mol. The third kappa shape index (κ3) is 4.74. The van der Waals surface area contributed by atoms with Crippen molar-refractivity contribution in [3.05, 3.63) is 60.2 Å². The molecule has 0 saturated heterocycles. The molecule has 0 spiro atoms. The van der Waals surface area contributed by atoms with Crippen molar-refractivity contribution in [2.24, 2.45) is 0 Å². The summed E-state index contributed by atoms with van der Waals surface area (Å²) in [5.74, 6) is 0. The summed E-state index contributed by atoms with van der Waals surface area (Å²) in [5, 5.41) is 3.58. The number of benzene rings is 1. The molecule has 0 aliphatic rings. The molecule has 1 unspecified atom stereocenters. The van der Waals surface area contributed by atoms with Crippen LogP contribution in [0.15, 0.2) is 48.9 Å². The van der Waals surface area contributed by atoms with E-state index in [9.17, 15) is 0 Å². The summed E-state index contributed by atoms with van der Waals surface area (Å²) in [6, 6.07) is 13.0. The number of hydrogen-bond acceptors (Lipinski definition) is 3. The predicted octanol–water partition coefficient (Wildman–Crippen LogP) is 3.54.